The lowest BCUT2D eigenvalue weighted by Crippen LogP contribution is -2.50. The van der Waals surface area contributed by atoms with Gasteiger partial charge in [0.25, 0.3) is 35.4 Å². The lowest BCUT2D eigenvalue weighted by atomic mass is 9.89. The van der Waals surface area contributed by atoms with Crippen molar-refractivity contribution >= 4 is 81.3 Å². The number of amides is 6. The summed E-state index contributed by atoms with van der Waals surface area (Å²) in [5.74, 6) is -12.0. The molecule has 1 saturated heterocycles. The second-order valence-electron chi connectivity index (χ2n) is 18.3. The molecule has 29 nitrogen and oxygen atoms in total. The zero-order chi connectivity index (χ0) is 61.7. The average Bonchev–Trinajstić information content (AvgIpc) is 1.36. The van der Waals surface area contributed by atoms with E-state index < -0.39 is 97.1 Å². The molecular weight excluding hydrogens is 1130 g/mol. The number of aliphatic carboxylic acids is 1. The predicted octanol–water partition coefficient (Wildman–Crippen LogP) is 0.680. The van der Waals surface area contributed by atoms with Crippen LogP contribution in [0.15, 0.2) is 128 Å². The van der Waals surface area contributed by atoms with Crippen LogP contribution in [-0.4, -0.2) is 148 Å². The Hall–Kier alpha value is -11.4. The number of hydrogen-bond donors (Lipinski definition) is 13. The Morgan fingerprint density at radius 3 is 1.29 bits per heavy atom. The number of aromatic hydroxyl groups is 2. The van der Waals surface area contributed by atoms with Gasteiger partial charge in [0.05, 0.1) is 24.5 Å². The van der Waals surface area contributed by atoms with E-state index in [2.05, 4.69) is 20.8 Å². The van der Waals surface area contributed by atoms with E-state index in [1.807, 2.05) is 5.32 Å². The molecule has 0 spiro atoms. The smallest absolute Gasteiger partial charge is 0.364 e. The fraction of sp³-hybridized carbons (Fsp3) is 0.143. The van der Waals surface area contributed by atoms with Gasteiger partial charge in [-0.3, -0.25) is 38.4 Å². The normalized spacial score (nSPS) is 13.5. The maximum absolute atomic E-state index is 13.0. The Morgan fingerprint density at radius 1 is 0.482 bits per heavy atom. The number of phenols is 2. The van der Waals surface area contributed by atoms with E-state index in [4.69, 9.17) is 13.9 Å². The second kappa shape index (κ2) is 24.8. The van der Waals surface area contributed by atoms with E-state index in [0.29, 0.717) is 27.5 Å². The zero-order valence-electron chi connectivity index (χ0n) is 43.1. The van der Waals surface area contributed by atoms with Crippen LogP contribution in [-0.2, 0) is 33.6 Å². The Kier molecular flexibility index (Phi) is 17.4. The molecule has 436 valence electrons. The fourth-order valence-corrected chi connectivity index (χ4v) is 8.65. The van der Waals surface area contributed by atoms with Crippen LogP contribution in [0.3, 0.4) is 0 Å². The molecule has 4 unspecified atom stereocenters. The first kappa shape index (κ1) is 59.7. The van der Waals surface area contributed by atoms with Crippen molar-refractivity contribution in [3.8, 4) is 56.4 Å². The first-order valence-corrected chi connectivity index (χ1v) is 24.6. The van der Waals surface area contributed by atoms with Crippen LogP contribution in [0.25, 0.3) is 66.8 Å². The van der Waals surface area contributed by atoms with Gasteiger partial charge in [0.15, 0.2) is 35.3 Å². The molecule has 85 heavy (non-hydrogen) atoms. The molecule has 5 aliphatic rings. The number of benzene rings is 6. The first-order valence-electron chi connectivity index (χ1n) is 24.6. The molecule has 4 atom stereocenters. The number of hydroxylamine groups is 2. The van der Waals surface area contributed by atoms with Gasteiger partial charge in [-0.1, -0.05) is 0 Å². The summed E-state index contributed by atoms with van der Waals surface area (Å²) in [5.41, 5.74) is 0.503. The number of carboxylic acid groups (broad SMARTS) is 3. The molecule has 29 heteroatoms. The summed E-state index contributed by atoms with van der Waals surface area (Å²) in [5, 5.41) is 96.9. The van der Waals surface area contributed by atoms with Gasteiger partial charge in [0.2, 0.25) is 0 Å². The number of nitrogens with zero attached hydrogens (tertiary/aromatic N) is 1. The number of rotatable bonds is 17. The topological polar surface area (TPSA) is 474 Å². The highest BCUT2D eigenvalue weighted by Crippen LogP contribution is 2.44. The van der Waals surface area contributed by atoms with Gasteiger partial charge in [0.1, 0.15) is 34.2 Å². The monoisotopic (exact) mass is 1170 g/mol. The molecule has 4 aromatic carbocycles. The highest BCUT2D eigenvalue weighted by molar-refractivity contribution is 6.11. The quantitative estimate of drug-likeness (QED) is 0.0339. The number of carboxylic acids is 3. The van der Waals surface area contributed by atoms with Crippen molar-refractivity contribution in [1.29, 1.82) is 0 Å². The standard InChI is InChI=1S/C30H23N3O13.C26H20N2O11/c34-14-2-5-17-20(10-14)45-21-11-15(35)3-6-18(21)24(17)19-9-13(1-4-16(19)29(42)43)27(40)31-12-32-28(41)25(38)26(39)30(44)46-33-22(36)7-8-23(33)37;29-12-2-5-15-18(8-12)39-19-9-13(30)3-6-16(19)20(15)17-7-11(1-4-14(17)25(35)36)23(33)27-10-28-24(34)21(31)22(32)26(37)38/h1-6,9-11,25-26,34,38-39H,7-8,12H2,(H,31,40)(H,32,41)(H,42,43);1-9,21-22,29,31-32H,10H2,(H,27,33)(H,28,34)(H,35,36)(H,37,38). The summed E-state index contributed by atoms with van der Waals surface area (Å²) in [7, 11) is 0. The number of aromatic carboxylic acids is 2. The summed E-state index contributed by atoms with van der Waals surface area (Å²) < 4.78 is 11.6. The van der Waals surface area contributed by atoms with Crippen molar-refractivity contribution in [2.24, 2.45) is 0 Å². The Bertz CT molecular complexity index is 4140. The number of carbonyl (C=O) groups is 10. The van der Waals surface area contributed by atoms with Crippen LogP contribution in [0.2, 0.25) is 0 Å². The van der Waals surface area contributed by atoms with Gasteiger partial charge in [-0.2, -0.15) is 0 Å². The molecule has 0 saturated carbocycles. The number of nitrogens with one attached hydrogen (secondary N) is 4. The van der Waals surface area contributed by atoms with E-state index >= 15 is 0 Å². The second-order valence-corrected chi connectivity index (χ2v) is 18.3. The molecule has 3 heterocycles. The SMILES string of the molecule is O=C(NCNC(=O)C(O)C(O)C(=O)O)c1ccc(C(=O)O)c(-c2c3ccc(=O)cc-3oc3cc(O)ccc23)c1.O=C(NCNC(=O)C(O)C(O)C(=O)ON1C(=O)CCC1=O)c1ccc(C(=O)O)c(-c2c3ccc(=O)cc-3oc3cc(O)ccc23)c1. The van der Waals surface area contributed by atoms with Crippen molar-refractivity contribution in [3.05, 3.63) is 152 Å². The van der Waals surface area contributed by atoms with Crippen molar-refractivity contribution < 1.29 is 108 Å². The van der Waals surface area contributed by atoms with E-state index in [1.165, 1.54) is 109 Å². The number of phenolic OH excluding ortho intramolecular Hbond substituents is 2. The maximum atomic E-state index is 13.0. The molecule has 2 aliphatic carbocycles. The minimum Gasteiger partial charge on any atom is -0.508 e. The summed E-state index contributed by atoms with van der Waals surface area (Å²) in [4.78, 5) is 149. The zero-order valence-corrected chi connectivity index (χ0v) is 43.1. The molecule has 6 amide bonds. The van der Waals surface area contributed by atoms with E-state index in [1.54, 1.807) is 0 Å². The Morgan fingerprint density at radius 2 is 0.894 bits per heavy atom. The lowest BCUT2D eigenvalue weighted by Gasteiger charge is -2.19. The maximum Gasteiger partial charge on any atom is 0.364 e. The molecule has 4 aromatic rings. The lowest BCUT2D eigenvalue weighted by molar-refractivity contribution is -0.206. The molecule has 0 aromatic heterocycles. The van der Waals surface area contributed by atoms with Crippen LogP contribution in [0, 0.1) is 0 Å². The first-order chi connectivity index (χ1) is 40.3. The van der Waals surface area contributed by atoms with E-state index in [9.17, 15) is 98.4 Å². The highest BCUT2D eigenvalue weighted by Gasteiger charge is 2.38. The molecular formula is C56H43N5O24. The van der Waals surface area contributed by atoms with Crippen LogP contribution in [0.5, 0.6) is 11.5 Å². The molecule has 1 fully saturated rings. The number of fused-ring (bicyclic) bond motifs is 4. The molecule has 0 radical (unpaired) electrons. The van der Waals surface area contributed by atoms with Gasteiger partial charge >= 0.3 is 23.9 Å². The van der Waals surface area contributed by atoms with Gasteiger partial charge in [0, 0.05) is 81.3 Å². The molecule has 3 aliphatic heterocycles. The minimum atomic E-state index is -2.48. The van der Waals surface area contributed by atoms with Crippen molar-refractivity contribution in [2.75, 3.05) is 13.3 Å². The molecule has 13 N–H and O–H groups in total. The number of aliphatic hydroxyl groups excluding tert-OH is 4. The number of carbonyl (C=O) groups excluding carboxylic acids is 7. The fourth-order valence-electron chi connectivity index (χ4n) is 8.65. The van der Waals surface area contributed by atoms with Crippen molar-refractivity contribution in [1.82, 2.24) is 26.3 Å². The molecule has 9 rings (SSSR count). The number of aliphatic hydroxyl groups is 4. The summed E-state index contributed by atoms with van der Waals surface area (Å²) in [6.07, 6.45) is -9.96. The largest absolute Gasteiger partial charge is 0.508 e. The predicted molar refractivity (Wildman–Crippen MR) is 286 cm³/mol. The summed E-state index contributed by atoms with van der Waals surface area (Å²) in [6.45, 7) is -1.18. The van der Waals surface area contributed by atoms with Crippen LogP contribution < -0.4 is 32.1 Å². The Labute approximate surface area is 472 Å². The average molecular weight is 1170 g/mol. The summed E-state index contributed by atoms with van der Waals surface area (Å²) in [6, 6.07) is 23.5. The van der Waals surface area contributed by atoms with Crippen LogP contribution in [0.1, 0.15) is 54.3 Å². The van der Waals surface area contributed by atoms with Gasteiger partial charge in [-0.05, 0) is 96.1 Å². The van der Waals surface area contributed by atoms with Crippen molar-refractivity contribution in [3.63, 3.8) is 0 Å². The summed E-state index contributed by atoms with van der Waals surface area (Å²) >= 11 is 0. The number of hydrogen-bond acceptors (Lipinski definition) is 21. The number of imide groups is 1. The Balaban J connectivity index is 0.000000224. The highest BCUT2D eigenvalue weighted by atomic mass is 16.7. The minimum absolute atomic E-state index is 0.0308. The van der Waals surface area contributed by atoms with Crippen LogP contribution in [0.4, 0.5) is 0 Å². The van der Waals surface area contributed by atoms with Gasteiger partial charge < -0.3 is 80.9 Å². The van der Waals surface area contributed by atoms with Gasteiger partial charge in [-0.25, -0.2) is 19.2 Å². The molecule has 0 bridgehead atoms. The third kappa shape index (κ3) is 12.9. The third-order valence-electron chi connectivity index (χ3n) is 12.8. The van der Waals surface area contributed by atoms with Gasteiger partial charge in [-0.15, -0.1) is 5.06 Å². The van der Waals surface area contributed by atoms with Crippen molar-refractivity contribution in [2.45, 2.75) is 37.3 Å². The van der Waals surface area contributed by atoms with Crippen LogP contribution >= 0.6 is 0 Å². The third-order valence-corrected chi connectivity index (χ3v) is 12.8. The van der Waals surface area contributed by atoms with E-state index in [0.717, 1.165) is 0 Å². The van der Waals surface area contributed by atoms with E-state index in [-0.39, 0.29) is 102 Å².